The second kappa shape index (κ2) is 11.8. The first-order valence-electron chi connectivity index (χ1n) is 12.6. The zero-order valence-corrected chi connectivity index (χ0v) is 21.4. The summed E-state index contributed by atoms with van der Waals surface area (Å²) in [5.74, 6) is 0.505. The molecule has 1 atom stereocenters. The summed E-state index contributed by atoms with van der Waals surface area (Å²) >= 11 is 1.42. The number of thioether (sulfide) groups is 1. The first kappa shape index (κ1) is 25.3. The molecule has 0 aromatic heterocycles. The van der Waals surface area contributed by atoms with E-state index in [0.717, 1.165) is 41.8 Å². The molecule has 0 spiro atoms. The number of carbonyl (C=O) groups excluding carboxylic acids is 3. The van der Waals surface area contributed by atoms with Gasteiger partial charge < -0.3 is 15.5 Å². The number of amides is 3. The van der Waals surface area contributed by atoms with Crippen LogP contribution in [0.15, 0.2) is 53.4 Å². The van der Waals surface area contributed by atoms with Gasteiger partial charge in [0.25, 0.3) is 5.91 Å². The molecule has 0 aliphatic heterocycles. The van der Waals surface area contributed by atoms with Crippen molar-refractivity contribution in [3.63, 3.8) is 0 Å². The molecule has 1 unspecified atom stereocenters. The average molecular weight is 494 g/mol. The van der Waals surface area contributed by atoms with Gasteiger partial charge in [-0.2, -0.15) is 0 Å². The van der Waals surface area contributed by atoms with Gasteiger partial charge >= 0.3 is 0 Å². The maximum atomic E-state index is 13.1. The minimum absolute atomic E-state index is 0.0802. The third kappa shape index (κ3) is 6.88. The van der Waals surface area contributed by atoms with Crippen molar-refractivity contribution < 1.29 is 14.4 Å². The predicted octanol–water partition coefficient (Wildman–Crippen LogP) is 5.41. The number of anilines is 1. The Labute approximate surface area is 212 Å². The van der Waals surface area contributed by atoms with E-state index in [4.69, 9.17) is 0 Å². The highest BCUT2D eigenvalue weighted by Gasteiger charge is 2.29. The van der Waals surface area contributed by atoms with Gasteiger partial charge in [-0.05, 0) is 62.4 Å². The van der Waals surface area contributed by atoms with Crippen LogP contribution in [0.25, 0.3) is 0 Å². The summed E-state index contributed by atoms with van der Waals surface area (Å²) in [5.41, 5.74) is 2.30. The highest BCUT2D eigenvalue weighted by molar-refractivity contribution is 8.00. The normalized spacial score (nSPS) is 16.9. The molecule has 0 saturated heterocycles. The van der Waals surface area contributed by atoms with Crippen LogP contribution in [0.3, 0.4) is 0 Å². The fraction of sp³-hybridized carbons (Fsp3) is 0.464. The van der Waals surface area contributed by atoms with E-state index < -0.39 is 0 Å². The molecule has 0 heterocycles. The third-order valence-corrected chi connectivity index (χ3v) is 8.03. The van der Waals surface area contributed by atoms with Crippen molar-refractivity contribution in [2.24, 2.45) is 5.92 Å². The lowest BCUT2D eigenvalue weighted by Gasteiger charge is -2.31. The molecular weight excluding hydrogens is 458 g/mol. The third-order valence-electron chi connectivity index (χ3n) is 6.97. The van der Waals surface area contributed by atoms with Crippen molar-refractivity contribution in [1.29, 1.82) is 0 Å². The second-order valence-corrected chi connectivity index (χ2v) is 10.7. The molecule has 0 bridgehead atoms. The van der Waals surface area contributed by atoms with Crippen molar-refractivity contribution in [3.8, 4) is 0 Å². The number of rotatable bonds is 9. The Morgan fingerprint density at radius 1 is 0.971 bits per heavy atom. The molecule has 4 rings (SSSR count). The zero-order chi connectivity index (χ0) is 24.8. The van der Waals surface area contributed by atoms with E-state index in [-0.39, 0.29) is 29.7 Å². The van der Waals surface area contributed by atoms with Gasteiger partial charge in [-0.25, -0.2) is 0 Å². The molecule has 0 radical (unpaired) electrons. The standard InChI is InChI=1S/C28H35N3O3S/c1-19(20-14-16-22(17-15-20)30-27(33)21-12-13-21)29-28(34)24-10-6-7-11-25(24)35-18-26(32)31(2)23-8-4-3-5-9-23/h6-7,10-11,14-17,19,21,23H,3-5,8-9,12-13,18H2,1-2H3,(H,29,34)(H,30,33). The van der Waals surface area contributed by atoms with Crippen LogP contribution in [-0.2, 0) is 9.59 Å². The van der Waals surface area contributed by atoms with Crippen LogP contribution in [0, 0.1) is 5.92 Å². The van der Waals surface area contributed by atoms with Crippen LogP contribution in [0.2, 0.25) is 0 Å². The summed E-state index contributed by atoms with van der Waals surface area (Å²) in [6, 6.07) is 15.2. The van der Waals surface area contributed by atoms with Gasteiger partial charge in [-0.3, -0.25) is 14.4 Å². The highest BCUT2D eigenvalue weighted by atomic mass is 32.2. The molecule has 2 aromatic rings. The van der Waals surface area contributed by atoms with Crippen LogP contribution >= 0.6 is 11.8 Å². The minimum atomic E-state index is -0.201. The minimum Gasteiger partial charge on any atom is -0.345 e. The summed E-state index contributed by atoms with van der Waals surface area (Å²) in [7, 11) is 1.90. The summed E-state index contributed by atoms with van der Waals surface area (Å²) in [6.07, 6.45) is 7.74. The van der Waals surface area contributed by atoms with Crippen LogP contribution in [0.4, 0.5) is 5.69 Å². The lowest BCUT2D eigenvalue weighted by molar-refractivity contribution is -0.129. The molecule has 2 aliphatic rings. The maximum absolute atomic E-state index is 13.1. The van der Waals surface area contributed by atoms with Crippen molar-refractivity contribution in [2.45, 2.75) is 68.8 Å². The van der Waals surface area contributed by atoms with E-state index in [0.29, 0.717) is 17.4 Å². The first-order chi connectivity index (χ1) is 16.9. The number of nitrogens with zero attached hydrogens (tertiary/aromatic N) is 1. The number of benzene rings is 2. The molecule has 186 valence electrons. The Bertz CT molecular complexity index is 1050. The van der Waals surface area contributed by atoms with E-state index in [1.807, 2.05) is 61.3 Å². The van der Waals surface area contributed by atoms with Crippen molar-refractivity contribution in [2.75, 3.05) is 18.1 Å². The lowest BCUT2D eigenvalue weighted by Crippen LogP contribution is -2.39. The van der Waals surface area contributed by atoms with Gasteiger partial charge in [0.15, 0.2) is 0 Å². The van der Waals surface area contributed by atoms with E-state index in [9.17, 15) is 14.4 Å². The fourth-order valence-electron chi connectivity index (χ4n) is 4.50. The van der Waals surface area contributed by atoms with Gasteiger partial charge in [0, 0.05) is 29.6 Å². The largest absolute Gasteiger partial charge is 0.345 e. The van der Waals surface area contributed by atoms with Crippen LogP contribution in [0.5, 0.6) is 0 Å². The maximum Gasteiger partial charge on any atom is 0.252 e. The average Bonchev–Trinajstić information content (AvgIpc) is 3.74. The topological polar surface area (TPSA) is 78.5 Å². The monoisotopic (exact) mass is 493 g/mol. The SMILES string of the molecule is CC(NC(=O)c1ccccc1SCC(=O)N(C)C1CCCCC1)c1ccc(NC(=O)C2CC2)cc1. The van der Waals surface area contributed by atoms with Gasteiger partial charge in [-0.1, -0.05) is 43.5 Å². The molecule has 7 heteroatoms. The van der Waals surface area contributed by atoms with Gasteiger partial charge in [0.05, 0.1) is 17.4 Å². The Morgan fingerprint density at radius 2 is 1.66 bits per heavy atom. The molecule has 2 aromatic carbocycles. The van der Waals surface area contributed by atoms with Crippen LogP contribution < -0.4 is 10.6 Å². The van der Waals surface area contributed by atoms with Gasteiger partial charge in [-0.15, -0.1) is 11.8 Å². The summed E-state index contributed by atoms with van der Waals surface area (Å²) < 4.78 is 0. The van der Waals surface area contributed by atoms with Crippen molar-refractivity contribution in [1.82, 2.24) is 10.2 Å². The van der Waals surface area contributed by atoms with Crippen LogP contribution in [-0.4, -0.2) is 41.5 Å². The van der Waals surface area contributed by atoms with E-state index in [1.54, 1.807) is 6.07 Å². The molecule has 2 N–H and O–H groups in total. The molecule has 3 amide bonds. The number of hydrogen-bond acceptors (Lipinski definition) is 4. The van der Waals surface area contributed by atoms with Crippen molar-refractivity contribution in [3.05, 3.63) is 59.7 Å². The van der Waals surface area contributed by atoms with E-state index >= 15 is 0 Å². The Balaban J connectivity index is 1.32. The number of carbonyl (C=O) groups is 3. The molecule has 2 saturated carbocycles. The molecule has 2 fully saturated rings. The Hall–Kier alpha value is -2.80. The Morgan fingerprint density at radius 3 is 2.34 bits per heavy atom. The second-order valence-electron chi connectivity index (χ2n) is 9.66. The zero-order valence-electron chi connectivity index (χ0n) is 20.6. The summed E-state index contributed by atoms with van der Waals surface area (Å²) in [5, 5.41) is 6.00. The van der Waals surface area contributed by atoms with E-state index in [1.165, 1.54) is 31.0 Å². The number of hydrogen-bond donors (Lipinski definition) is 2. The fourth-order valence-corrected chi connectivity index (χ4v) is 5.47. The quantitative estimate of drug-likeness (QED) is 0.458. The molecule has 6 nitrogen and oxygen atoms in total. The highest BCUT2D eigenvalue weighted by Crippen LogP contribution is 2.30. The molecule has 2 aliphatic carbocycles. The predicted molar refractivity (Wildman–Crippen MR) is 140 cm³/mol. The van der Waals surface area contributed by atoms with Crippen LogP contribution in [0.1, 0.15) is 73.8 Å². The van der Waals surface area contributed by atoms with Gasteiger partial charge in [0.1, 0.15) is 0 Å². The Kier molecular flexibility index (Phi) is 8.50. The number of nitrogens with one attached hydrogen (secondary N) is 2. The lowest BCUT2D eigenvalue weighted by atomic mass is 9.94. The van der Waals surface area contributed by atoms with Gasteiger partial charge in [0.2, 0.25) is 11.8 Å². The summed E-state index contributed by atoms with van der Waals surface area (Å²) in [4.78, 5) is 40.5. The molecular formula is C28H35N3O3S. The van der Waals surface area contributed by atoms with Crippen molar-refractivity contribution >= 4 is 35.2 Å². The summed E-state index contributed by atoms with van der Waals surface area (Å²) in [6.45, 7) is 1.94. The first-order valence-corrected chi connectivity index (χ1v) is 13.6. The van der Waals surface area contributed by atoms with E-state index in [2.05, 4.69) is 10.6 Å². The smallest absolute Gasteiger partial charge is 0.252 e. The molecule has 35 heavy (non-hydrogen) atoms.